The highest BCUT2D eigenvalue weighted by molar-refractivity contribution is 7.15. The van der Waals surface area contributed by atoms with Gasteiger partial charge in [-0.15, -0.1) is 0 Å². The van der Waals surface area contributed by atoms with Gasteiger partial charge in [0.25, 0.3) is 5.56 Å². The van der Waals surface area contributed by atoms with Crippen molar-refractivity contribution in [1.82, 2.24) is 9.38 Å². The zero-order valence-electron chi connectivity index (χ0n) is 19.1. The Bertz CT molecular complexity index is 1620. The quantitative estimate of drug-likeness (QED) is 0.340. The van der Waals surface area contributed by atoms with Gasteiger partial charge >= 0.3 is 0 Å². The number of imidazole rings is 1. The van der Waals surface area contributed by atoms with Gasteiger partial charge in [-0.25, -0.2) is 13.8 Å². The molecular weight excluding hydrogens is 451 g/mol. The molecule has 7 heteroatoms. The number of thiazole rings is 1. The van der Waals surface area contributed by atoms with Crippen molar-refractivity contribution in [1.29, 1.82) is 0 Å². The lowest BCUT2D eigenvalue weighted by molar-refractivity contribution is 0.269. The Balaban J connectivity index is 1.50. The van der Waals surface area contributed by atoms with Gasteiger partial charge in [-0.1, -0.05) is 35.6 Å². The van der Waals surface area contributed by atoms with Crippen LogP contribution in [0.3, 0.4) is 0 Å². The van der Waals surface area contributed by atoms with Crippen LogP contribution in [0.1, 0.15) is 29.2 Å². The van der Waals surface area contributed by atoms with E-state index in [0.717, 1.165) is 33.3 Å². The van der Waals surface area contributed by atoms with E-state index in [2.05, 4.69) is 6.07 Å². The monoisotopic (exact) mass is 474 g/mol. The molecule has 0 aliphatic carbocycles. The molecule has 5 aromatic rings. The molecule has 0 N–H and O–H groups in total. The number of aromatic nitrogens is 2. The maximum Gasteiger partial charge on any atom is 0.274 e. The molecular formula is C27H23FN2O3S. The van der Waals surface area contributed by atoms with Gasteiger partial charge in [0.15, 0.2) is 16.5 Å². The molecule has 2 aromatic heterocycles. The van der Waals surface area contributed by atoms with Crippen LogP contribution in [0, 0.1) is 19.7 Å². The molecule has 0 aliphatic heterocycles. The van der Waals surface area contributed by atoms with Crippen LogP contribution in [-0.2, 0) is 6.61 Å². The predicted octanol–water partition coefficient (Wildman–Crippen LogP) is 5.19. The van der Waals surface area contributed by atoms with Crippen LogP contribution in [-0.4, -0.2) is 16.0 Å². The van der Waals surface area contributed by atoms with Crippen LogP contribution in [0.5, 0.6) is 11.5 Å². The molecule has 0 saturated heterocycles. The normalized spacial score (nSPS) is 12.1. The first-order valence-electron chi connectivity index (χ1n) is 11.0. The molecule has 3 aromatic carbocycles. The second kappa shape index (κ2) is 8.91. The fourth-order valence-electron chi connectivity index (χ4n) is 4.01. The van der Waals surface area contributed by atoms with Crippen molar-refractivity contribution in [2.24, 2.45) is 0 Å². The van der Waals surface area contributed by atoms with Crippen molar-refractivity contribution in [3.63, 3.8) is 0 Å². The fraction of sp³-hybridized carbons (Fsp3) is 0.185. The van der Waals surface area contributed by atoms with Crippen molar-refractivity contribution in [2.75, 3.05) is 6.61 Å². The van der Waals surface area contributed by atoms with Crippen LogP contribution >= 0.6 is 11.3 Å². The summed E-state index contributed by atoms with van der Waals surface area (Å²) in [6.07, 6.45) is 1.85. The van der Waals surface area contributed by atoms with Crippen LogP contribution in [0.15, 0.2) is 59.4 Å². The average molecular weight is 475 g/mol. The standard InChI is InChI=1S/C27H23FN2O3S/c1-4-32-23-13-19(7-10-22(23)33-15-18-5-8-20(28)9-6-18)14-24-26(31)30-21-12-16(2)11-17(3)25(21)29-27(30)34-24/h5-14H,4,15H2,1-3H3/b24-14+. The van der Waals surface area contributed by atoms with Gasteiger partial charge in [0.1, 0.15) is 12.4 Å². The number of benzene rings is 3. The van der Waals surface area contributed by atoms with Crippen LogP contribution in [0.25, 0.3) is 22.1 Å². The van der Waals surface area contributed by atoms with E-state index in [9.17, 15) is 9.18 Å². The van der Waals surface area contributed by atoms with E-state index in [-0.39, 0.29) is 11.4 Å². The summed E-state index contributed by atoms with van der Waals surface area (Å²) in [5.74, 6) is 0.892. The Kier molecular flexibility index (Phi) is 5.79. The second-order valence-electron chi connectivity index (χ2n) is 8.15. The number of fused-ring (bicyclic) bond motifs is 3. The van der Waals surface area contributed by atoms with Crippen LogP contribution < -0.4 is 19.6 Å². The number of nitrogens with zero attached hydrogens (tertiary/aromatic N) is 2. The summed E-state index contributed by atoms with van der Waals surface area (Å²) in [7, 11) is 0. The first kappa shape index (κ1) is 22.1. The summed E-state index contributed by atoms with van der Waals surface area (Å²) in [6, 6.07) is 15.8. The Labute approximate surface area is 199 Å². The summed E-state index contributed by atoms with van der Waals surface area (Å²) < 4.78 is 27.1. The molecule has 0 unspecified atom stereocenters. The van der Waals surface area contributed by atoms with Gasteiger partial charge in [0, 0.05) is 0 Å². The van der Waals surface area contributed by atoms with Gasteiger partial charge in [0.05, 0.1) is 22.2 Å². The molecule has 172 valence electrons. The summed E-state index contributed by atoms with van der Waals surface area (Å²) in [4.78, 5) is 18.6. The fourth-order valence-corrected chi connectivity index (χ4v) is 4.99. The minimum atomic E-state index is -0.282. The van der Waals surface area contributed by atoms with Crippen molar-refractivity contribution in [2.45, 2.75) is 27.4 Å². The Morgan fingerprint density at radius 2 is 1.82 bits per heavy atom. The van der Waals surface area contributed by atoms with E-state index >= 15 is 0 Å². The molecule has 0 saturated carbocycles. The van der Waals surface area contributed by atoms with E-state index in [1.54, 1.807) is 16.5 Å². The number of halogens is 1. The molecule has 0 atom stereocenters. The summed E-state index contributed by atoms with van der Waals surface area (Å²) in [5.41, 5.74) is 5.47. The molecule has 34 heavy (non-hydrogen) atoms. The predicted molar refractivity (Wildman–Crippen MR) is 133 cm³/mol. The Morgan fingerprint density at radius 1 is 1.03 bits per heavy atom. The number of hydrogen-bond donors (Lipinski definition) is 0. The molecule has 0 radical (unpaired) electrons. The molecule has 0 fully saturated rings. The van der Waals surface area contributed by atoms with Gasteiger partial charge in [0.2, 0.25) is 0 Å². The third-order valence-electron chi connectivity index (χ3n) is 5.55. The zero-order valence-corrected chi connectivity index (χ0v) is 19.9. The van der Waals surface area contributed by atoms with E-state index in [4.69, 9.17) is 14.5 Å². The first-order valence-corrected chi connectivity index (χ1v) is 11.8. The maximum atomic E-state index is 13.2. The van der Waals surface area contributed by atoms with Crippen LogP contribution in [0.4, 0.5) is 4.39 Å². The van der Waals surface area contributed by atoms with Crippen molar-refractivity contribution in [3.05, 3.63) is 97.6 Å². The molecule has 5 rings (SSSR count). The third kappa shape index (κ3) is 4.15. The number of rotatable bonds is 6. The number of aryl methyl sites for hydroxylation is 2. The average Bonchev–Trinajstić information content (AvgIpc) is 3.31. The lowest BCUT2D eigenvalue weighted by atomic mass is 10.1. The summed E-state index contributed by atoms with van der Waals surface area (Å²) in [6.45, 7) is 6.70. The van der Waals surface area contributed by atoms with E-state index < -0.39 is 0 Å². The lowest BCUT2D eigenvalue weighted by Crippen LogP contribution is -2.22. The minimum absolute atomic E-state index is 0.0814. The first-order chi connectivity index (χ1) is 16.4. The van der Waals surface area contributed by atoms with Gasteiger partial charge < -0.3 is 9.47 Å². The highest BCUT2D eigenvalue weighted by Crippen LogP contribution is 2.30. The van der Waals surface area contributed by atoms with Crippen molar-refractivity contribution in [3.8, 4) is 11.5 Å². The Hall–Kier alpha value is -3.71. The number of hydrogen-bond acceptors (Lipinski definition) is 5. The van der Waals surface area contributed by atoms with Gasteiger partial charge in [-0.05, 0) is 79.4 Å². The van der Waals surface area contributed by atoms with Crippen molar-refractivity contribution >= 4 is 33.4 Å². The highest BCUT2D eigenvalue weighted by Gasteiger charge is 2.14. The molecule has 0 amide bonds. The van der Waals surface area contributed by atoms with Gasteiger partial charge in [-0.2, -0.15) is 0 Å². The molecule has 0 bridgehead atoms. The SMILES string of the molecule is CCOc1cc(/C=c2/sc3nc4c(C)cc(C)cc4n3c2=O)ccc1OCc1ccc(F)cc1. The van der Waals surface area contributed by atoms with Crippen LogP contribution in [0.2, 0.25) is 0 Å². The zero-order chi connectivity index (χ0) is 23.8. The second-order valence-corrected chi connectivity index (χ2v) is 9.16. The lowest BCUT2D eigenvalue weighted by Gasteiger charge is -2.12. The van der Waals surface area contributed by atoms with Gasteiger partial charge in [-0.3, -0.25) is 4.79 Å². The van der Waals surface area contributed by atoms with E-state index in [0.29, 0.717) is 34.2 Å². The van der Waals surface area contributed by atoms with E-state index in [1.165, 1.54) is 23.5 Å². The third-order valence-corrected chi connectivity index (χ3v) is 6.52. The summed E-state index contributed by atoms with van der Waals surface area (Å²) >= 11 is 1.37. The largest absolute Gasteiger partial charge is 0.490 e. The topological polar surface area (TPSA) is 52.8 Å². The molecule has 2 heterocycles. The Morgan fingerprint density at radius 3 is 2.59 bits per heavy atom. The molecule has 0 aliphatic rings. The smallest absolute Gasteiger partial charge is 0.274 e. The number of ether oxygens (including phenoxy) is 2. The minimum Gasteiger partial charge on any atom is -0.490 e. The van der Waals surface area contributed by atoms with E-state index in [1.807, 2.05) is 51.1 Å². The highest BCUT2D eigenvalue weighted by atomic mass is 32.1. The molecule has 5 nitrogen and oxygen atoms in total. The maximum absolute atomic E-state index is 13.2. The summed E-state index contributed by atoms with van der Waals surface area (Å²) in [5, 5.41) is 0. The van der Waals surface area contributed by atoms with Crippen molar-refractivity contribution < 1.29 is 13.9 Å². The molecule has 0 spiro atoms.